The largest absolute Gasteiger partial charge is 0.271 e. The molecule has 0 aliphatic heterocycles. The van der Waals surface area contributed by atoms with Crippen molar-refractivity contribution >= 4 is 64.6 Å². The molecule has 0 fully saturated rings. The molecule has 42 heavy (non-hydrogen) atoms. The molecule has 3 aromatic heterocycles. The van der Waals surface area contributed by atoms with Crippen molar-refractivity contribution in [3.8, 4) is 22.3 Å². The number of hydrogen-bond donors (Lipinski definition) is 0. The van der Waals surface area contributed by atoms with E-state index in [0.717, 1.165) is 83.6 Å². The van der Waals surface area contributed by atoms with Crippen molar-refractivity contribution in [2.45, 2.75) is 32.7 Å². The van der Waals surface area contributed by atoms with Gasteiger partial charge in [-0.25, -0.2) is 0 Å². The maximum absolute atomic E-state index is 14.4. The number of aromatic nitrogens is 3. The Morgan fingerprint density at radius 3 is 1.50 bits per heavy atom. The molecule has 0 aliphatic carbocycles. The molecule has 0 N–H and O–H groups in total. The van der Waals surface area contributed by atoms with Gasteiger partial charge >= 0.3 is 0 Å². The minimum atomic E-state index is -0.188. The number of rotatable bonds is 5. The van der Waals surface area contributed by atoms with Crippen LogP contribution in [0.3, 0.4) is 0 Å². The van der Waals surface area contributed by atoms with E-state index in [1.54, 1.807) is 24.8 Å². The van der Waals surface area contributed by atoms with Crippen molar-refractivity contribution < 1.29 is 0 Å². The van der Waals surface area contributed by atoms with Gasteiger partial charge in [0.15, 0.2) is 0 Å². The van der Waals surface area contributed by atoms with E-state index in [-0.39, 0.29) is 17.2 Å². The molecule has 200 valence electrons. The van der Waals surface area contributed by atoms with Gasteiger partial charge < -0.3 is 0 Å². The van der Waals surface area contributed by atoms with Crippen LogP contribution in [0.1, 0.15) is 32.7 Å². The molecule has 0 radical (unpaired) electrons. The smallest absolute Gasteiger partial charge is 0.262 e. The van der Waals surface area contributed by atoms with Gasteiger partial charge in [-0.2, -0.15) is 0 Å². The first kappa shape index (κ1) is 23.5. The Bertz CT molecular complexity index is 2400. The molecule has 0 spiro atoms. The Kier molecular flexibility index (Phi) is 4.59. The van der Waals surface area contributed by atoms with E-state index in [0.29, 0.717) is 10.8 Å². The Balaban J connectivity index is 1.62. The molecule has 5 nitrogen and oxygen atoms in total. The summed E-state index contributed by atoms with van der Waals surface area (Å²) in [6.45, 7) is 4.07. The fourth-order valence-corrected chi connectivity index (χ4v) is 7.69. The molecule has 0 bridgehead atoms. The molecule has 9 rings (SSSR count). The molecule has 1 atom stereocenters. The molecule has 6 aromatic carbocycles. The summed E-state index contributed by atoms with van der Waals surface area (Å²) in [7, 11) is 0. The third-order valence-electron chi connectivity index (χ3n) is 9.42. The molecule has 0 aliphatic rings. The Labute approximate surface area is 240 Å². The standard InChI is InChI=1S/C37H25N3O2/c1-3-4-19(2)40-36(41)34-27-17-25(20-9-13-38-14-10-20)23-7-5-22-6-8-24-26(21-11-15-39-16-12-21)18-28(35(34)37(40)42)33-31(24)29(22)30(23)32(27)33/h5-19H,3-4H2,1-2H3. The summed E-state index contributed by atoms with van der Waals surface area (Å²) in [6, 6.07) is 21.0. The van der Waals surface area contributed by atoms with Crippen molar-refractivity contribution in [2.24, 2.45) is 0 Å². The number of hydrogen-bond acceptors (Lipinski definition) is 4. The van der Waals surface area contributed by atoms with Gasteiger partial charge in [0.05, 0.1) is 10.8 Å². The SMILES string of the molecule is CCCC(C)n1c(=O)c2c3cc(-c4ccncc4)c4ccc5ccc6c(-c7ccncc7)cc(c2c1=O)c1c6c5c4c31. The van der Waals surface area contributed by atoms with Crippen LogP contribution in [-0.2, 0) is 0 Å². The highest BCUT2D eigenvalue weighted by atomic mass is 16.2. The Morgan fingerprint density at radius 1 is 0.595 bits per heavy atom. The zero-order chi connectivity index (χ0) is 28.3. The van der Waals surface area contributed by atoms with Gasteiger partial charge in [-0.1, -0.05) is 37.6 Å². The third kappa shape index (κ3) is 2.78. The number of benzene rings is 5. The zero-order valence-electron chi connectivity index (χ0n) is 23.2. The van der Waals surface area contributed by atoms with Crippen LogP contribution in [-0.4, -0.2) is 14.5 Å². The van der Waals surface area contributed by atoms with Gasteiger partial charge in [-0.15, -0.1) is 0 Å². The molecule has 1 unspecified atom stereocenters. The van der Waals surface area contributed by atoms with E-state index in [1.807, 2.05) is 31.2 Å². The molecule has 3 heterocycles. The molecule has 0 amide bonds. The summed E-state index contributed by atoms with van der Waals surface area (Å²) in [5.74, 6) is 0. The van der Waals surface area contributed by atoms with Crippen molar-refractivity contribution in [3.63, 3.8) is 0 Å². The predicted molar refractivity (Wildman–Crippen MR) is 173 cm³/mol. The van der Waals surface area contributed by atoms with Gasteiger partial charge in [0.25, 0.3) is 11.1 Å². The van der Waals surface area contributed by atoms with Crippen LogP contribution >= 0.6 is 0 Å². The van der Waals surface area contributed by atoms with Crippen molar-refractivity contribution in [1.29, 1.82) is 0 Å². The molecule has 5 heteroatoms. The summed E-state index contributed by atoms with van der Waals surface area (Å²) < 4.78 is 1.51. The minimum absolute atomic E-state index is 0.182. The lowest BCUT2D eigenvalue weighted by atomic mass is 9.89. The molecule has 9 aromatic rings. The van der Waals surface area contributed by atoms with Gasteiger partial charge in [0, 0.05) is 30.8 Å². The second-order valence-corrected chi connectivity index (χ2v) is 11.6. The maximum Gasteiger partial charge on any atom is 0.262 e. The number of pyridine rings is 2. The highest BCUT2D eigenvalue weighted by molar-refractivity contribution is 6.49. The van der Waals surface area contributed by atoms with E-state index in [2.05, 4.69) is 53.3 Å². The fourth-order valence-electron chi connectivity index (χ4n) is 7.69. The third-order valence-corrected chi connectivity index (χ3v) is 9.42. The Hall–Kier alpha value is -5.16. The first-order valence-electron chi connectivity index (χ1n) is 14.6. The molecular weight excluding hydrogens is 518 g/mol. The first-order chi connectivity index (χ1) is 20.6. The molecule has 0 saturated carbocycles. The summed E-state index contributed by atoms with van der Waals surface area (Å²) in [5.41, 5.74) is 3.78. The monoisotopic (exact) mass is 543 g/mol. The van der Waals surface area contributed by atoms with Gasteiger partial charge in [-0.05, 0) is 126 Å². The maximum atomic E-state index is 14.4. The average molecular weight is 544 g/mol. The van der Waals surface area contributed by atoms with Crippen LogP contribution in [0.2, 0.25) is 0 Å². The van der Waals surface area contributed by atoms with Crippen molar-refractivity contribution in [2.75, 3.05) is 0 Å². The minimum Gasteiger partial charge on any atom is -0.271 e. The lowest BCUT2D eigenvalue weighted by molar-refractivity contribution is 0.483. The molecule has 0 saturated heterocycles. The van der Waals surface area contributed by atoms with Gasteiger partial charge in [0.2, 0.25) is 0 Å². The van der Waals surface area contributed by atoms with Gasteiger partial charge in [0.1, 0.15) is 0 Å². The van der Waals surface area contributed by atoms with E-state index in [4.69, 9.17) is 0 Å². The fraction of sp³-hybridized carbons (Fsp3) is 0.135. The van der Waals surface area contributed by atoms with Crippen LogP contribution < -0.4 is 11.1 Å². The van der Waals surface area contributed by atoms with Gasteiger partial charge in [-0.3, -0.25) is 24.1 Å². The van der Waals surface area contributed by atoms with Crippen LogP contribution in [0.4, 0.5) is 0 Å². The topological polar surface area (TPSA) is 64.8 Å². The molecular formula is C37H25N3O2. The summed E-state index contributed by atoms with van der Waals surface area (Å²) in [6.07, 6.45) is 8.87. The summed E-state index contributed by atoms with van der Waals surface area (Å²) >= 11 is 0. The number of nitrogens with zero attached hydrogens (tertiary/aromatic N) is 3. The van der Waals surface area contributed by atoms with Crippen LogP contribution in [0.15, 0.2) is 95.0 Å². The van der Waals surface area contributed by atoms with Crippen LogP contribution in [0.25, 0.3) is 86.9 Å². The van der Waals surface area contributed by atoms with Crippen molar-refractivity contribution in [3.05, 3.63) is 106 Å². The lowest BCUT2D eigenvalue weighted by Crippen LogP contribution is -2.28. The normalized spacial score (nSPS) is 13.3. The van der Waals surface area contributed by atoms with Crippen LogP contribution in [0, 0.1) is 0 Å². The van der Waals surface area contributed by atoms with Crippen LogP contribution in [0.5, 0.6) is 0 Å². The second kappa shape index (κ2) is 8.20. The lowest BCUT2D eigenvalue weighted by Gasteiger charge is -2.12. The average Bonchev–Trinajstić information content (AvgIpc) is 3.52. The van der Waals surface area contributed by atoms with E-state index in [9.17, 15) is 9.59 Å². The van der Waals surface area contributed by atoms with E-state index < -0.39 is 0 Å². The number of fused-ring (bicyclic) bond motifs is 3. The Morgan fingerprint density at radius 2 is 1.05 bits per heavy atom. The zero-order valence-corrected chi connectivity index (χ0v) is 23.2. The van der Waals surface area contributed by atoms with E-state index >= 15 is 0 Å². The van der Waals surface area contributed by atoms with Crippen molar-refractivity contribution in [1.82, 2.24) is 14.5 Å². The second-order valence-electron chi connectivity index (χ2n) is 11.6. The van der Waals surface area contributed by atoms with E-state index in [1.165, 1.54) is 9.95 Å². The summed E-state index contributed by atoms with van der Waals surface area (Å²) in [5, 5.41) is 11.9. The highest BCUT2D eigenvalue weighted by Crippen LogP contribution is 2.53. The quantitative estimate of drug-likeness (QED) is 0.205. The summed E-state index contributed by atoms with van der Waals surface area (Å²) in [4.78, 5) is 37.2. The highest BCUT2D eigenvalue weighted by Gasteiger charge is 2.29. The first-order valence-corrected chi connectivity index (χ1v) is 14.6. The predicted octanol–water partition coefficient (Wildman–Crippen LogP) is 8.36.